The Labute approximate surface area is 138 Å². The van der Waals surface area contributed by atoms with Gasteiger partial charge in [-0.2, -0.15) is 4.31 Å². The number of hydrogen-bond acceptors (Lipinski definition) is 6. The second kappa shape index (κ2) is 6.06. The van der Waals surface area contributed by atoms with Crippen LogP contribution in [0.15, 0.2) is 22.8 Å². The van der Waals surface area contributed by atoms with Gasteiger partial charge in [-0.3, -0.25) is 4.79 Å². The highest BCUT2D eigenvalue weighted by Crippen LogP contribution is 2.28. The predicted octanol–water partition coefficient (Wildman–Crippen LogP) is 1.43. The molecule has 23 heavy (non-hydrogen) atoms. The minimum Gasteiger partial charge on any atom is -0.462 e. The van der Waals surface area contributed by atoms with Gasteiger partial charge in [0.05, 0.1) is 12.5 Å². The van der Waals surface area contributed by atoms with E-state index in [9.17, 15) is 13.2 Å². The Balaban J connectivity index is 1.75. The van der Waals surface area contributed by atoms with Crippen LogP contribution < -0.4 is 0 Å². The Morgan fingerprint density at radius 1 is 1.30 bits per heavy atom. The quantitative estimate of drug-likeness (QED) is 0.832. The zero-order chi connectivity index (χ0) is 16.6. The normalized spacial score (nSPS) is 16.7. The van der Waals surface area contributed by atoms with Gasteiger partial charge in [0.25, 0.3) is 5.91 Å². The molecule has 1 saturated heterocycles. The second-order valence-electron chi connectivity index (χ2n) is 5.36. The molecule has 0 saturated carbocycles. The summed E-state index contributed by atoms with van der Waals surface area (Å²) in [6.45, 7) is 3.24. The van der Waals surface area contributed by atoms with Crippen molar-refractivity contribution in [2.45, 2.75) is 6.92 Å². The number of nitrogens with zero attached hydrogens (tertiary/aromatic N) is 3. The fraction of sp³-hybridized carbons (Fsp3) is 0.429. The molecule has 0 N–H and O–H groups in total. The maximum atomic E-state index is 12.6. The summed E-state index contributed by atoms with van der Waals surface area (Å²) in [5.74, 6) is 0.476. The SMILES string of the molecule is Cc1sc(-c2ccco2)nc1C(=O)N1CCN(S(C)(=O)=O)CC1. The molecule has 2 aromatic heterocycles. The molecule has 7 nitrogen and oxygen atoms in total. The van der Waals surface area contributed by atoms with E-state index in [2.05, 4.69) is 4.98 Å². The van der Waals surface area contributed by atoms with Crippen molar-refractivity contribution in [3.63, 3.8) is 0 Å². The smallest absolute Gasteiger partial charge is 0.273 e. The molecule has 0 spiro atoms. The summed E-state index contributed by atoms with van der Waals surface area (Å²) in [4.78, 5) is 19.5. The summed E-state index contributed by atoms with van der Waals surface area (Å²) >= 11 is 1.41. The molecule has 1 fully saturated rings. The molecule has 3 rings (SSSR count). The fourth-order valence-electron chi connectivity index (χ4n) is 2.47. The lowest BCUT2D eigenvalue weighted by molar-refractivity contribution is 0.0692. The number of carbonyl (C=O) groups excluding carboxylic acids is 1. The molecule has 0 bridgehead atoms. The van der Waals surface area contributed by atoms with Crippen LogP contribution in [0.25, 0.3) is 10.8 Å². The van der Waals surface area contributed by atoms with Gasteiger partial charge in [-0.15, -0.1) is 11.3 Å². The summed E-state index contributed by atoms with van der Waals surface area (Å²) in [5, 5.41) is 0.672. The summed E-state index contributed by atoms with van der Waals surface area (Å²) in [6, 6.07) is 3.58. The number of aromatic nitrogens is 1. The van der Waals surface area contributed by atoms with Gasteiger partial charge in [0.2, 0.25) is 10.0 Å². The average Bonchev–Trinajstić information content (AvgIpc) is 3.15. The van der Waals surface area contributed by atoms with Crippen molar-refractivity contribution in [1.29, 1.82) is 0 Å². The molecule has 0 unspecified atom stereocenters. The van der Waals surface area contributed by atoms with Crippen LogP contribution in [0.4, 0.5) is 0 Å². The van der Waals surface area contributed by atoms with Crippen LogP contribution in [-0.2, 0) is 10.0 Å². The van der Waals surface area contributed by atoms with E-state index in [4.69, 9.17) is 4.42 Å². The molecule has 1 aliphatic heterocycles. The highest BCUT2D eigenvalue weighted by Gasteiger charge is 2.29. The first-order valence-electron chi connectivity index (χ1n) is 7.12. The van der Waals surface area contributed by atoms with E-state index in [1.54, 1.807) is 23.3 Å². The van der Waals surface area contributed by atoms with E-state index >= 15 is 0 Å². The Kier molecular flexibility index (Phi) is 4.26. The molecule has 0 aromatic carbocycles. The van der Waals surface area contributed by atoms with Gasteiger partial charge in [-0.05, 0) is 19.1 Å². The van der Waals surface area contributed by atoms with E-state index in [-0.39, 0.29) is 5.91 Å². The summed E-state index contributed by atoms with van der Waals surface area (Å²) in [7, 11) is -3.20. The third-order valence-corrected chi connectivity index (χ3v) is 6.01. The molecule has 0 aliphatic carbocycles. The summed E-state index contributed by atoms with van der Waals surface area (Å²) < 4.78 is 29.7. The van der Waals surface area contributed by atoms with Crippen LogP contribution in [0.1, 0.15) is 15.4 Å². The summed E-state index contributed by atoms with van der Waals surface area (Å²) in [6.07, 6.45) is 2.75. The Morgan fingerprint density at radius 3 is 2.57 bits per heavy atom. The molecule has 9 heteroatoms. The molecule has 2 aromatic rings. The van der Waals surface area contributed by atoms with E-state index in [0.29, 0.717) is 42.6 Å². The third-order valence-electron chi connectivity index (χ3n) is 3.73. The van der Waals surface area contributed by atoms with Crippen molar-refractivity contribution in [1.82, 2.24) is 14.2 Å². The zero-order valence-corrected chi connectivity index (χ0v) is 14.5. The van der Waals surface area contributed by atoms with Crippen LogP contribution in [0, 0.1) is 6.92 Å². The molecule has 0 radical (unpaired) electrons. The third kappa shape index (κ3) is 3.31. The van der Waals surface area contributed by atoms with Crippen LogP contribution in [0.5, 0.6) is 0 Å². The number of hydrogen-bond donors (Lipinski definition) is 0. The molecule has 1 aliphatic rings. The predicted molar refractivity (Wildman–Crippen MR) is 86.9 cm³/mol. The van der Waals surface area contributed by atoms with Gasteiger partial charge >= 0.3 is 0 Å². The maximum Gasteiger partial charge on any atom is 0.273 e. The monoisotopic (exact) mass is 355 g/mol. The lowest BCUT2D eigenvalue weighted by Gasteiger charge is -2.32. The first-order chi connectivity index (χ1) is 10.9. The lowest BCUT2D eigenvalue weighted by atomic mass is 10.3. The van der Waals surface area contributed by atoms with Crippen molar-refractivity contribution < 1.29 is 17.6 Å². The number of carbonyl (C=O) groups is 1. The van der Waals surface area contributed by atoms with Crippen molar-refractivity contribution in [2.75, 3.05) is 32.4 Å². The van der Waals surface area contributed by atoms with Gasteiger partial charge in [-0.25, -0.2) is 13.4 Å². The van der Waals surface area contributed by atoms with Gasteiger partial charge in [0, 0.05) is 31.1 Å². The van der Waals surface area contributed by atoms with E-state index < -0.39 is 10.0 Å². The number of piperazine rings is 1. The average molecular weight is 355 g/mol. The Hall–Kier alpha value is -1.71. The van der Waals surface area contributed by atoms with Crippen molar-refractivity contribution >= 4 is 27.3 Å². The largest absolute Gasteiger partial charge is 0.462 e. The van der Waals surface area contributed by atoms with Crippen molar-refractivity contribution in [3.05, 3.63) is 29.0 Å². The van der Waals surface area contributed by atoms with E-state index in [1.165, 1.54) is 21.9 Å². The lowest BCUT2D eigenvalue weighted by Crippen LogP contribution is -2.50. The number of thiazole rings is 1. The van der Waals surface area contributed by atoms with E-state index in [1.807, 2.05) is 6.92 Å². The molecule has 1 amide bonds. The molecule has 124 valence electrons. The summed E-state index contributed by atoms with van der Waals surface area (Å²) in [5.41, 5.74) is 0.411. The molecule has 3 heterocycles. The van der Waals surface area contributed by atoms with Crippen molar-refractivity contribution in [3.8, 4) is 10.8 Å². The first-order valence-corrected chi connectivity index (χ1v) is 9.78. The number of aryl methyl sites for hydroxylation is 1. The highest BCUT2D eigenvalue weighted by molar-refractivity contribution is 7.88. The van der Waals surface area contributed by atoms with Crippen LogP contribution in [0.3, 0.4) is 0 Å². The molecule has 0 atom stereocenters. The Morgan fingerprint density at radius 2 is 2.00 bits per heavy atom. The van der Waals surface area contributed by atoms with Gasteiger partial charge in [-0.1, -0.05) is 0 Å². The van der Waals surface area contributed by atoms with Gasteiger partial charge < -0.3 is 9.32 Å². The highest BCUT2D eigenvalue weighted by atomic mass is 32.2. The Bertz CT molecular complexity index is 803. The van der Waals surface area contributed by atoms with Gasteiger partial charge in [0.1, 0.15) is 5.69 Å². The number of sulfonamides is 1. The first kappa shape index (κ1) is 16.2. The van der Waals surface area contributed by atoms with Crippen LogP contribution >= 0.6 is 11.3 Å². The minimum atomic E-state index is -3.20. The van der Waals surface area contributed by atoms with E-state index in [0.717, 1.165) is 4.88 Å². The van der Waals surface area contributed by atoms with Gasteiger partial charge in [0.15, 0.2) is 10.8 Å². The zero-order valence-electron chi connectivity index (χ0n) is 12.9. The molecular weight excluding hydrogens is 338 g/mol. The van der Waals surface area contributed by atoms with Crippen molar-refractivity contribution in [2.24, 2.45) is 0 Å². The maximum absolute atomic E-state index is 12.6. The van der Waals surface area contributed by atoms with Crippen LogP contribution in [0.2, 0.25) is 0 Å². The molecular formula is C14H17N3O4S2. The number of rotatable bonds is 3. The van der Waals surface area contributed by atoms with Crippen LogP contribution in [-0.4, -0.2) is 60.9 Å². The minimum absolute atomic E-state index is 0.162. The number of furan rings is 1. The topological polar surface area (TPSA) is 83.7 Å². The second-order valence-corrected chi connectivity index (χ2v) is 8.54. The fourth-order valence-corrected chi connectivity index (χ4v) is 4.17. The number of amides is 1. The standard InChI is InChI=1S/C14H17N3O4S2/c1-10-12(15-13(22-10)11-4-3-9-21-11)14(18)16-5-7-17(8-6-16)23(2,19)20/h3-4,9H,5-8H2,1-2H3.